The van der Waals surface area contributed by atoms with Gasteiger partial charge >= 0.3 is 0 Å². The lowest BCUT2D eigenvalue weighted by Crippen LogP contribution is -2.24. The lowest BCUT2D eigenvalue weighted by molar-refractivity contribution is 0.536. The zero-order valence-corrected chi connectivity index (χ0v) is 16.8. The van der Waals surface area contributed by atoms with E-state index in [0.29, 0.717) is 22.3 Å². The number of rotatable bonds is 5. The molecule has 31 heavy (non-hydrogen) atoms. The van der Waals surface area contributed by atoms with E-state index in [0.717, 1.165) is 4.68 Å². The SMILES string of the molecule is O=c1c(-c2ccc(F)cc2)c(-c2ccc(CS(=O)[O-])cc2)cnn1-c1ccccc1F. The third-order valence-electron chi connectivity index (χ3n) is 4.74. The summed E-state index contributed by atoms with van der Waals surface area (Å²) in [6.07, 6.45) is 1.44. The van der Waals surface area contributed by atoms with Crippen molar-refractivity contribution in [2.75, 3.05) is 0 Å². The highest BCUT2D eigenvalue weighted by molar-refractivity contribution is 7.78. The Labute approximate surface area is 178 Å². The van der Waals surface area contributed by atoms with E-state index in [1.807, 2.05) is 0 Å². The van der Waals surface area contributed by atoms with Gasteiger partial charge in [0.05, 0.1) is 11.8 Å². The standard InChI is InChI=1S/C23H16F2N2O3S/c24-18-11-9-17(10-12-18)22-19(16-7-5-15(6-8-16)14-31(29)30)13-26-27(23(22)28)21-4-2-1-3-20(21)25/h1-13H,14H2,(H,29,30)/p-1. The minimum absolute atomic E-state index is 0.00400. The van der Waals surface area contributed by atoms with Crippen molar-refractivity contribution in [2.45, 2.75) is 5.75 Å². The van der Waals surface area contributed by atoms with Crippen LogP contribution in [0.1, 0.15) is 5.56 Å². The molecule has 0 amide bonds. The van der Waals surface area contributed by atoms with E-state index < -0.39 is 28.3 Å². The van der Waals surface area contributed by atoms with Gasteiger partial charge in [0.2, 0.25) is 0 Å². The molecule has 0 aliphatic heterocycles. The molecular weight excluding hydrogens is 422 g/mol. The van der Waals surface area contributed by atoms with Crippen LogP contribution in [0.4, 0.5) is 8.78 Å². The monoisotopic (exact) mass is 437 g/mol. The number of benzene rings is 3. The Morgan fingerprint density at radius 2 is 1.55 bits per heavy atom. The maximum Gasteiger partial charge on any atom is 0.280 e. The van der Waals surface area contributed by atoms with Crippen LogP contribution >= 0.6 is 0 Å². The summed E-state index contributed by atoms with van der Waals surface area (Å²) in [7, 11) is 0. The molecular formula is C23H15F2N2O3S-. The molecule has 5 nitrogen and oxygen atoms in total. The first kappa shape index (κ1) is 20.8. The molecule has 0 bridgehead atoms. The van der Waals surface area contributed by atoms with Crippen LogP contribution in [0.25, 0.3) is 27.9 Å². The molecule has 0 saturated carbocycles. The highest BCUT2D eigenvalue weighted by Crippen LogP contribution is 2.30. The molecule has 0 spiro atoms. The van der Waals surface area contributed by atoms with Gasteiger partial charge in [-0.2, -0.15) is 9.78 Å². The Balaban J connectivity index is 1.92. The fourth-order valence-electron chi connectivity index (χ4n) is 3.28. The van der Waals surface area contributed by atoms with Crippen LogP contribution in [-0.4, -0.2) is 18.5 Å². The molecule has 0 N–H and O–H groups in total. The maximum atomic E-state index is 14.3. The summed E-state index contributed by atoms with van der Waals surface area (Å²) in [6, 6.07) is 17.8. The van der Waals surface area contributed by atoms with E-state index in [-0.39, 0.29) is 17.0 Å². The fraction of sp³-hybridized carbons (Fsp3) is 0.0435. The van der Waals surface area contributed by atoms with E-state index in [1.165, 1.54) is 48.7 Å². The van der Waals surface area contributed by atoms with Crippen LogP contribution < -0.4 is 5.56 Å². The summed E-state index contributed by atoms with van der Waals surface area (Å²) in [5, 5.41) is 4.15. The molecule has 3 aromatic carbocycles. The van der Waals surface area contributed by atoms with E-state index in [9.17, 15) is 22.3 Å². The number of para-hydroxylation sites is 1. The topological polar surface area (TPSA) is 75.0 Å². The van der Waals surface area contributed by atoms with Crippen molar-refractivity contribution < 1.29 is 17.5 Å². The highest BCUT2D eigenvalue weighted by atomic mass is 32.2. The number of aromatic nitrogens is 2. The third-order valence-corrected chi connectivity index (χ3v) is 5.31. The molecule has 0 saturated heterocycles. The molecule has 0 fully saturated rings. The maximum absolute atomic E-state index is 14.3. The predicted octanol–water partition coefficient (Wildman–Crippen LogP) is 4.22. The molecule has 0 radical (unpaired) electrons. The fourth-order valence-corrected chi connectivity index (χ4v) is 3.74. The van der Waals surface area contributed by atoms with Gasteiger partial charge in [0, 0.05) is 11.3 Å². The number of hydrogen-bond acceptors (Lipinski definition) is 4. The van der Waals surface area contributed by atoms with Gasteiger partial charge < -0.3 is 4.55 Å². The summed E-state index contributed by atoms with van der Waals surface area (Å²) in [5.41, 5.74) is 1.75. The summed E-state index contributed by atoms with van der Waals surface area (Å²) in [4.78, 5) is 13.4. The van der Waals surface area contributed by atoms with Crippen LogP contribution in [-0.2, 0) is 16.8 Å². The van der Waals surface area contributed by atoms with Gasteiger partial charge in [-0.25, -0.2) is 8.78 Å². The summed E-state index contributed by atoms with van der Waals surface area (Å²) >= 11 is -2.22. The van der Waals surface area contributed by atoms with Gasteiger partial charge in [0.25, 0.3) is 5.56 Å². The van der Waals surface area contributed by atoms with Gasteiger partial charge in [-0.3, -0.25) is 9.00 Å². The zero-order chi connectivity index (χ0) is 22.0. The lowest BCUT2D eigenvalue weighted by atomic mass is 9.96. The van der Waals surface area contributed by atoms with Gasteiger partial charge in [0.1, 0.15) is 17.3 Å². The van der Waals surface area contributed by atoms with Gasteiger partial charge in [-0.15, -0.1) is 0 Å². The molecule has 0 aliphatic rings. The van der Waals surface area contributed by atoms with E-state index in [2.05, 4.69) is 5.10 Å². The van der Waals surface area contributed by atoms with Crippen LogP contribution in [0, 0.1) is 11.6 Å². The summed E-state index contributed by atoms with van der Waals surface area (Å²) in [5.74, 6) is -1.19. The van der Waals surface area contributed by atoms with Crippen molar-refractivity contribution in [1.29, 1.82) is 0 Å². The van der Waals surface area contributed by atoms with Crippen molar-refractivity contribution in [1.82, 2.24) is 9.78 Å². The van der Waals surface area contributed by atoms with Crippen molar-refractivity contribution in [2.24, 2.45) is 0 Å². The molecule has 0 aliphatic carbocycles. The van der Waals surface area contributed by atoms with Crippen LogP contribution in [0.3, 0.4) is 0 Å². The first-order chi connectivity index (χ1) is 14.9. The Bertz CT molecular complexity index is 1320. The molecule has 156 valence electrons. The Hall–Kier alpha value is -3.49. The number of nitrogens with zero attached hydrogens (tertiary/aromatic N) is 2. The van der Waals surface area contributed by atoms with Crippen molar-refractivity contribution >= 4 is 11.1 Å². The van der Waals surface area contributed by atoms with E-state index in [1.54, 1.807) is 30.3 Å². The van der Waals surface area contributed by atoms with Crippen LogP contribution in [0.2, 0.25) is 0 Å². The molecule has 1 aromatic heterocycles. The van der Waals surface area contributed by atoms with Gasteiger partial charge in [0.15, 0.2) is 0 Å². The lowest BCUT2D eigenvalue weighted by Gasteiger charge is -2.14. The second kappa shape index (κ2) is 8.71. The number of halogens is 2. The largest absolute Gasteiger partial charge is 0.772 e. The smallest absolute Gasteiger partial charge is 0.280 e. The number of hydrogen-bond donors (Lipinski definition) is 0. The Kier molecular flexibility index (Phi) is 5.83. The zero-order valence-electron chi connectivity index (χ0n) is 16.0. The predicted molar refractivity (Wildman–Crippen MR) is 113 cm³/mol. The second-order valence-electron chi connectivity index (χ2n) is 6.75. The molecule has 4 rings (SSSR count). The van der Waals surface area contributed by atoms with Gasteiger partial charge in [-0.05, 0) is 41.0 Å². The molecule has 1 unspecified atom stereocenters. The van der Waals surface area contributed by atoms with E-state index >= 15 is 0 Å². The minimum Gasteiger partial charge on any atom is -0.772 e. The van der Waals surface area contributed by atoms with Crippen molar-refractivity contribution in [3.8, 4) is 27.9 Å². The Morgan fingerprint density at radius 3 is 2.19 bits per heavy atom. The first-order valence-electron chi connectivity index (χ1n) is 9.22. The molecule has 8 heteroatoms. The molecule has 1 atom stereocenters. The average Bonchev–Trinajstić information content (AvgIpc) is 2.75. The molecule has 1 heterocycles. The average molecular weight is 437 g/mol. The normalized spacial score (nSPS) is 12.0. The molecule has 4 aromatic rings. The summed E-state index contributed by atoms with van der Waals surface area (Å²) < 4.78 is 50.6. The first-order valence-corrected chi connectivity index (χ1v) is 10.5. The van der Waals surface area contributed by atoms with Crippen molar-refractivity contribution in [3.05, 3.63) is 107 Å². The van der Waals surface area contributed by atoms with Gasteiger partial charge in [-0.1, -0.05) is 59.6 Å². The van der Waals surface area contributed by atoms with Crippen molar-refractivity contribution in [3.63, 3.8) is 0 Å². The highest BCUT2D eigenvalue weighted by Gasteiger charge is 2.17. The minimum atomic E-state index is -2.22. The summed E-state index contributed by atoms with van der Waals surface area (Å²) in [6.45, 7) is 0. The quantitative estimate of drug-likeness (QED) is 0.438. The Morgan fingerprint density at radius 1 is 0.903 bits per heavy atom. The third kappa shape index (κ3) is 4.35. The second-order valence-corrected chi connectivity index (χ2v) is 7.65. The van der Waals surface area contributed by atoms with E-state index in [4.69, 9.17) is 0 Å². The van der Waals surface area contributed by atoms with Crippen LogP contribution in [0.5, 0.6) is 0 Å². The van der Waals surface area contributed by atoms with Crippen LogP contribution in [0.15, 0.2) is 83.8 Å².